The summed E-state index contributed by atoms with van der Waals surface area (Å²) in [5.74, 6) is 0.805. The highest BCUT2D eigenvalue weighted by Crippen LogP contribution is 2.40. The van der Waals surface area contributed by atoms with Gasteiger partial charge in [-0.05, 0) is 53.5 Å². The molecule has 1 heterocycles. The number of phenolic OH excluding ortho intramolecular Hbond substituents is 1. The minimum Gasteiger partial charge on any atom is -0.508 e. The molecule has 2 N–H and O–H groups in total. The molecule has 2 aromatic carbocycles. The van der Waals surface area contributed by atoms with Crippen molar-refractivity contribution in [3.63, 3.8) is 0 Å². The van der Waals surface area contributed by atoms with Gasteiger partial charge in [-0.3, -0.25) is 0 Å². The number of phenols is 1. The molecule has 0 unspecified atom stereocenters. The molecular formula is C31H42N4O2. The van der Waals surface area contributed by atoms with Crippen LogP contribution < -0.4 is 5.32 Å². The maximum Gasteiger partial charge on any atom is 0.322 e. The highest BCUT2D eigenvalue weighted by molar-refractivity contribution is 5.91. The lowest BCUT2D eigenvalue weighted by molar-refractivity contribution is 0.167. The van der Waals surface area contributed by atoms with Gasteiger partial charge >= 0.3 is 6.03 Å². The Morgan fingerprint density at radius 1 is 1.03 bits per heavy atom. The van der Waals surface area contributed by atoms with Gasteiger partial charge in [-0.2, -0.15) is 0 Å². The normalized spacial score (nSPS) is 15.2. The summed E-state index contributed by atoms with van der Waals surface area (Å²) in [5, 5.41) is 13.2. The van der Waals surface area contributed by atoms with Crippen molar-refractivity contribution >= 4 is 11.7 Å². The van der Waals surface area contributed by atoms with Crippen LogP contribution in [-0.4, -0.2) is 32.1 Å². The van der Waals surface area contributed by atoms with Crippen molar-refractivity contribution < 1.29 is 9.90 Å². The van der Waals surface area contributed by atoms with Gasteiger partial charge < -0.3 is 19.9 Å². The Kier molecular flexibility index (Phi) is 8.25. The van der Waals surface area contributed by atoms with Gasteiger partial charge in [0.15, 0.2) is 0 Å². The van der Waals surface area contributed by atoms with Gasteiger partial charge in [-0.25, -0.2) is 9.78 Å². The number of hydrogen-bond donors (Lipinski definition) is 2. The Morgan fingerprint density at radius 3 is 2.19 bits per heavy atom. The van der Waals surface area contributed by atoms with E-state index in [0.29, 0.717) is 13.1 Å². The highest BCUT2D eigenvalue weighted by atomic mass is 16.3. The average Bonchev–Trinajstić information content (AvgIpc) is 3.32. The number of nitrogens with one attached hydrogen (secondary N) is 1. The van der Waals surface area contributed by atoms with Crippen LogP contribution in [0, 0.1) is 0 Å². The van der Waals surface area contributed by atoms with Crippen LogP contribution >= 0.6 is 0 Å². The van der Waals surface area contributed by atoms with Gasteiger partial charge in [0.05, 0.1) is 12.0 Å². The molecule has 0 atom stereocenters. The van der Waals surface area contributed by atoms with Gasteiger partial charge in [0.1, 0.15) is 5.75 Å². The number of rotatable bonds is 8. The van der Waals surface area contributed by atoms with E-state index >= 15 is 0 Å². The molecule has 6 heteroatoms. The predicted molar refractivity (Wildman–Crippen MR) is 150 cm³/mol. The lowest BCUT2D eigenvalue weighted by Crippen LogP contribution is -2.46. The zero-order chi connectivity index (χ0) is 26.6. The van der Waals surface area contributed by atoms with Crippen molar-refractivity contribution in [2.75, 3.05) is 11.9 Å². The van der Waals surface area contributed by atoms with Crippen LogP contribution in [-0.2, 0) is 19.0 Å². The van der Waals surface area contributed by atoms with Crippen LogP contribution in [0.2, 0.25) is 0 Å². The molecular weight excluding hydrogens is 460 g/mol. The summed E-state index contributed by atoms with van der Waals surface area (Å²) in [7, 11) is 2.00. The van der Waals surface area contributed by atoms with E-state index < -0.39 is 0 Å². The molecule has 2 amide bonds. The second-order valence-electron chi connectivity index (χ2n) is 11.3. The van der Waals surface area contributed by atoms with Crippen LogP contribution in [0.4, 0.5) is 10.5 Å². The first-order valence-electron chi connectivity index (χ1n) is 13.6. The topological polar surface area (TPSA) is 70.4 Å². The van der Waals surface area contributed by atoms with E-state index in [1.54, 1.807) is 12.1 Å². The molecule has 1 fully saturated rings. The Hall–Kier alpha value is -3.28. The Bertz CT molecular complexity index is 1160. The largest absolute Gasteiger partial charge is 0.508 e. The Labute approximate surface area is 221 Å². The molecule has 0 saturated heterocycles. The summed E-state index contributed by atoms with van der Waals surface area (Å²) in [6.07, 6.45) is 9.51. The zero-order valence-electron chi connectivity index (χ0n) is 23.0. The first-order chi connectivity index (χ1) is 17.7. The fraction of sp³-hybridized carbons (Fsp3) is 0.484. The number of hydrogen-bond acceptors (Lipinski definition) is 3. The molecule has 0 radical (unpaired) electrons. The quantitative estimate of drug-likeness (QED) is 0.339. The predicted octanol–water partition coefficient (Wildman–Crippen LogP) is 7.31. The van der Waals surface area contributed by atoms with Crippen molar-refractivity contribution in [2.45, 2.75) is 83.6 Å². The van der Waals surface area contributed by atoms with Crippen molar-refractivity contribution in [3.8, 4) is 5.75 Å². The number of benzene rings is 2. The number of anilines is 1. The van der Waals surface area contributed by atoms with Gasteiger partial charge in [0.25, 0.3) is 0 Å². The number of aryl methyl sites for hydroxylation is 1. The standard InChI is InChI=1S/C31H42N4O2/c1-22(2)26-10-9-11-27(23(3)4)29(26)33-30(37)35(18-24-12-14-25(36)15-13-24)20-31(16-7-6-8-17-31)28-19-34(5)21-32-28/h9-15,19,21-23,36H,6-8,16-18,20H2,1-5H3,(H,33,37). The van der Waals surface area contributed by atoms with E-state index in [4.69, 9.17) is 4.98 Å². The van der Waals surface area contributed by atoms with E-state index in [1.807, 2.05) is 35.0 Å². The lowest BCUT2D eigenvalue weighted by atomic mass is 9.71. The molecule has 1 aliphatic carbocycles. The first kappa shape index (κ1) is 26.8. The summed E-state index contributed by atoms with van der Waals surface area (Å²) < 4.78 is 2.00. The molecule has 198 valence electrons. The van der Waals surface area contributed by atoms with E-state index in [0.717, 1.165) is 53.8 Å². The smallest absolute Gasteiger partial charge is 0.322 e. The van der Waals surface area contributed by atoms with E-state index in [9.17, 15) is 9.90 Å². The third-order valence-corrected chi connectivity index (χ3v) is 7.75. The summed E-state index contributed by atoms with van der Waals surface area (Å²) in [6, 6.07) is 13.4. The monoisotopic (exact) mass is 502 g/mol. The Balaban J connectivity index is 1.71. The molecule has 4 rings (SSSR count). The number of carbonyl (C=O) groups is 1. The van der Waals surface area contributed by atoms with Crippen LogP contribution in [0.15, 0.2) is 55.0 Å². The molecule has 0 bridgehead atoms. The number of amides is 2. The lowest BCUT2D eigenvalue weighted by Gasteiger charge is -2.40. The number of nitrogens with zero attached hydrogens (tertiary/aromatic N) is 3. The van der Waals surface area contributed by atoms with E-state index in [-0.39, 0.29) is 29.0 Å². The summed E-state index contributed by atoms with van der Waals surface area (Å²) in [5.41, 5.74) is 5.13. The number of imidazole rings is 1. The highest BCUT2D eigenvalue weighted by Gasteiger charge is 2.39. The number of aromatic hydroxyl groups is 1. The summed E-state index contributed by atoms with van der Waals surface area (Å²) in [6.45, 7) is 9.73. The van der Waals surface area contributed by atoms with Gasteiger partial charge in [0.2, 0.25) is 0 Å². The third kappa shape index (κ3) is 6.17. The van der Waals surface area contributed by atoms with Crippen molar-refractivity contribution in [3.05, 3.63) is 77.4 Å². The minimum atomic E-state index is -0.174. The van der Waals surface area contributed by atoms with Crippen molar-refractivity contribution in [1.29, 1.82) is 0 Å². The van der Waals surface area contributed by atoms with Gasteiger partial charge in [-0.1, -0.05) is 77.3 Å². The SMILES string of the molecule is CC(C)c1cccc(C(C)C)c1NC(=O)N(Cc1ccc(O)cc1)CC1(c2cn(C)cn2)CCCCC1. The van der Waals surface area contributed by atoms with E-state index in [2.05, 4.69) is 57.4 Å². The third-order valence-electron chi connectivity index (χ3n) is 7.75. The Morgan fingerprint density at radius 2 is 1.65 bits per heavy atom. The molecule has 3 aromatic rings. The minimum absolute atomic E-state index is 0.0936. The second-order valence-corrected chi connectivity index (χ2v) is 11.3. The van der Waals surface area contributed by atoms with Gasteiger partial charge in [-0.15, -0.1) is 0 Å². The number of para-hydroxylation sites is 1. The fourth-order valence-electron chi connectivity index (χ4n) is 5.68. The maximum atomic E-state index is 14.1. The molecule has 1 aromatic heterocycles. The van der Waals surface area contributed by atoms with Crippen molar-refractivity contribution in [2.24, 2.45) is 7.05 Å². The number of urea groups is 1. The second kappa shape index (κ2) is 11.4. The van der Waals surface area contributed by atoms with Gasteiger partial charge in [0, 0.05) is 37.4 Å². The fourth-order valence-corrected chi connectivity index (χ4v) is 5.68. The van der Waals surface area contributed by atoms with Crippen molar-refractivity contribution in [1.82, 2.24) is 14.5 Å². The summed E-state index contributed by atoms with van der Waals surface area (Å²) >= 11 is 0. The first-order valence-corrected chi connectivity index (χ1v) is 13.6. The molecule has 1 aliphatic rings. The van der Waals surface area contributed by atoms with Crippen LogP contribution in [0.5, 0.6) is 5.75 Å². The molecule has 0 aliphatic heterocycles. The number of carbonyl (C=O) groups excluding carboxylic acids is 1. The molecule has 37 heavy (non-hydrogen) atoms. The molecule has 0 spiro atoms. The van der Waals surface area contributed by atoms with E-state index in [1.165, 1.54) is 6.42 Å². The average molecular weight is 503 g/mol. The van der Waals surface area contributed by atoms with Crippen LogP contribution in [0.25, 0.3) is 0 Å². The van der Waals surface area contributed by atoms with Crippen LogP contribution in [0.1, 0.15) is 94.0 Å². The number of aromatic nitrogens is 2. The van der Waals surface area contributed by atoms with Crippen LogP contribution in [0.3, 0.4) is 0 Å². The molecule has 1 saturated carbocycles. The summed E-state index contributed by atoms with van der Waals surface area (Å²) in [4.78, 5) is 20.9. The molecule has 6 nitrogen and oxygen atoms in total. The zero-order valence-corrected chi connectivity index (χ0v) is 23.0. The maximum absolute atomic E-state index is 14.1.